The van der Waals surface area contributed by atoms with E-state index in [0.717, 1.165) is 12.3 Å². The molecule has 0 spiro atoms. The van der Waals surface area contributed by atoms with E-state index in [-0.39, 0.29) is 6.04 Å². The summed E-state index contributed by atoms with van der Waals surface area (Å²) in [5.41, 5.74) is 0. The van der Waals surface area contributed by atoms with Crippen LogP contribution in [0.15, 0.2) is 0 Å². The molecule has 3 fully saturated rings. The molecule has 3 nitrogen and oxygen atoms in total. The maximum absolute atomic E-state index is 12.9. The summed E-state index contributed by atoms with van der Waals surface area (Å²) in [6.45, 7) is 4.44. The first-order valence-electron chi connectivity index (χ1n) is 8.75. The monoisotopic (exact) mass is 278 g/mol. The first-order chi connectivity index (χ1) is 9.66. The fourth-order valence-corrected chi connectivity index (χ4v) is 4.73. The number of hydrogen-bond donors (Lipinski definition) is 1. The van der Waals surface area contributed by atoms with Crippen molar-refractivity contribution in [2.45, 2.75) is 95.8 Å². The van der Waals surface area contributed by atoms with Crippen LogP contribution in [-0.2, 0) is 4.79 Å². The number of fused-ring (bicyclic) bond motifs is 1. The van der Waals surface area contributed by atoms with Crippen LogP contribution in [0.5, 0.6) is 0 Å². The van der Waals surface area contributed by atoms with Crippen LogP contribution < -0.4 is 5.32 Å². The van der Waals surface area contributed by atoms with E-state index in [1.165, 1.54) is 51.4 Å². The minimum absolute atomic E-state index is 0.0948. The third kappa shape index (κ3) is 2.74. The molecule has 3 heteroatoms. The molecule has 0 aromatic rings. The zero-order chi connectivity index (χ0) is 14.1. The number of nitrogens with one attached hydrogen (secondary N) is 1. The van der Waals surface area contributed by atoms with Crippen LogP contribution in [-0.4, -0.2) is 35.0 Å². The smallest absolute Gasteiger partial charge is 0.240 e. The predicted molar refractivity (Wildman–Crippen MR) is 81.5 cm³/mol. The second kappa shape index (κ2) is 6.05. The van der Waals surface area contributed by atoms with Crippen molar-refractivity contribution in [3.8, 4) is 0 Å². The molecule has 114 valence electrons. The number of amides is 1. The van der Waals surface area contributed by atoms with Gasteiger partial charge >= 0.3 is 0 Å². The zero-order valence-corrected chi connectivity index (χ0v) is 13.1. The molecule has 1 amide bonds. The lowest BCUT2D eigenvalue weighted by Crippen LogP contribution is -2.59. The average molecular weight is 278 g/mol. The van der Waals surface area contributed by atoms with E-state index < -0.39 is 0 Å². The molecule has 1 N–H and O–H groups in total. The molecule has 20 heavy (non-hydrogen) atoms. The summed E-state index contributed by atoms with van der Waals surface area (Å²) in [6, 6.07) is 1.56. The summed E-state index contributed by atoms with van der Waals surface area (Å²) >= 11 is 0. The van der Waals surface area contributed by atoms with Crippen LogP contribution in [0.3, 0.4) is 0 Å². The molecule has 2 aliphatic heterocycles. The van der Waals surface area contributed by atoms with E-state index in [4.69, 9.17) is 0 Å². The van der Waals surface area contributed by atoms with Crippen molar-refractivity contribution in [2.75, 3.05) is 0 Å². The maximum atomic E-state index is 12.9. The van der Waals surface area contributed by atoms with Gasteiger partial charge in [0.05, 0.1) is 6.04 Å². The van der Waals surface area contributed by atoms with Gasteiger partial charge in [0, 0.05) is 18.1 Å². The van der Waals surface area contributed by atoms with Crippen LogP contribution in [0.2, 0.25) is 0 Å². The molecule has 0 aromatic carbocycles. The zero-order valence-electron chi connectivity index (χ0n) is 13.1. The molecular weight excluding hydrogens is 248 g/mol. The minimum Gasteiger partial charge on any atom is -0.336 e. The standard InChI is InChI=1S/C17H30N2O/c1-12-6-5-7-13(2)19(12)17(20)16-11-10-14-8-3-4-9-15(14)18-16/h12-16,18H,3-11H2,1-2H3/t12-,13+,14?,15?,16?. The van der Waals surface area contributed by atoms with Crippen molar-refractivity contribution < 1.29 is 4.79 Å². The Morgan fingerprint density at radius 2 is 1.60 bits per heavy atom. The summed E-state index contributed by atoms with van der Waals surface area (Å²) in [6.07, 6.45) is 11.3. The molecule has 2 heterocycles. The number of carbonyl (C=O) groups is 1. The molecule has 0 aromatic heterocycles. The minimum atomic E-state index is 0.0948. The third-order valence-electron chi connectivity index (χ3n) is 5.90. The van der Waals surface area contributed by atoms with Gasteiger partial charge in [-0.25, -0.2) is 0 Å². The molecule has 0 radical (unpaired) electrons. The van der Waals surface area contributed by atoms with E-state index in [9.17, 15) is 4.79 Å². The summed E-state index contributed by atoms with van der Waals surface area (Å²) < 4.78 is 0. The van der Waals surface area contributed by atoms with Gasteiger partial charge in [-0.15, -0.1) is 0 Å². The lowest BCUT2D eigenvalue weighted by Gasteiger charge is -2.45. The van der Waals surface area contributed by atoms with E-state index in [1.807, 2.05) is 0 Å². The number of carbonyl (C=O) groups excluding carboxylic acids is 1. The molecule has 3 unspecified atom stereocenters. The Labute approximate surface area is 123 Å². The molecule has 5 atom stereocenters. The van der Waals surface area contributed by atoms with Gasteiger partial charge in [0.15, 0.2) is 0 Å². The van der Waals surface area contributed by atoms with Gasteiger partial charge in [0.1, 0.15) is 0 Å². The van der Waals surface area contributed by atoms with Gasteiger partial charge in [-0.1, -0.05) is 12.8 Å². The highest BCUT2D eigenvalue weighted by molar-refractivity contribution is 5.82. The van der Waals surface area contributed by atoms with Crippen LogP contribution in [0.1, 0.15) is 71.6 Å². The molecule has 2 saturated heterocycles. The van der Waals surface area contributed by atoms with Gasteiger partial charge in [-0.05, 0) is 64.7 Å². The van der Waals surface area contributed by atoms with Crippen molar-refractivity contribution in [3.63, 3.8) is 0 Å². The SMILES string of the molecule is C[C@@H]1CCC[C@H](C)N1C(=O)C1CCC2CCCCC2N1. The Balaban J connectivity index is 1.64. The van der Waals surface area contributed by atoms with Crippen molar-refractivity contribution in [1.82, 2.24) is 10.2 Å². The number of nitrogens with zero attached hydrogens (tertiary/aromatic N) is 1. The summed E-state index contributed by atoms with van der Waals surface area (Å²) in [7, 11) is 0. The fourth-order valence-electron chi connectivity index (χ4n) is 4.73. The fraction of sp³-hybridized carbons (Fsp3) is 0.941. The van der Waals surface area contributed by atoms with Gasteiger partial charge in [-0.2, -0.15) is 0 Å². The molecule has 3 aliphatic rings. The van der Waals surface area contributed by atoms with E-state index in [0.29, 0.717) is 24.0 Å². The molecule has 0 bridgehead atoms. The normalized spacial score (nSPS) is 42.1. The second-order valence-corrected chi connectivity index (χ2v) is 7.32. The van der Waals surface area contributed by atoms with Crippen molar-refractivity contribution >= 4 is 5.91 Å². The number of hydrogen-bond acceptors (Lipinski definition) is 2. The van der Waals surface area contributed by atoms with E-state index in [2.05, 4.69) is 24.1 Å². The van der Waals surface area contributed by atoms with Crippen molar-refractivity contribution in [2.24, 2.45) is 5.92 Å². The number of rotatable bonds is 1. The molecular formula is C17H30N2O. The molecule has 1 aliphatic carbocycles. The topological polar surface area (TPSA) is 32.3 Å². The first-order valence-corrected chi connectivity index (χ1v) is 8.75. The van der Waals surface area contributed by atoms with E-state index in [1.54, 1.807) is 0 Å². The van der Waals surface area contributed by atoms with Crippen molar-refractivity contribution in [1.29, 1.82) is 0 Å². The highest BCUT2D eigenvalue weighted by atomic mass is 16.2. The Morgan fingerprint density at radius 1 is 0.900 bits per heavy atom. The number of piperidine rings is 2. The molecule has 3 rings (SSSR count). The summed E-state index contributed by atoms with van der Waals surface area (Å²) in [5.74, 6) is 1.22. The Hall–Kier alpha value is -0.570. The van der Waals surface area contributed by atoms with Crippen LogP contribution in [0, 0.1) is 5.92 Å². The largest absolute Gasteiger partial charge is 0.336 e. The van der Waals surface area contributed by atoms with Gasteiger partial charge in [0.2, 0.25) is 5.91 Å². The first kappa shape index (κ1) is 14.4. The summed E-state index contributed by atoms with van der Waals surface area (Å²) in [4.78, 5) is 15.1. The van der Waals surface area contributed by atoms with Gasteiger partial charge in [-0.3, -0.25) is 4.79 Å². The Morgan fingerprint density at radius 3 is 2.35 bits per heavy atom. The lowest BCUT2D eigenvalue weighted by molar-refractivity contribution is -0.141. The highest BCUT2D eigenvalue weighted by Crippen LogP contribution is 2.33. The van der Waals surface area contributed by atoms with E-state index >= 15 is 0 Å². The van der Waals surface area contributed by atoms with Gasteiger partial charge in [0.25, 0.3) is 0 Å². The Kier molecular flexibility index (Phi) is 4.34. The third-order valence-corrected chi connectivity index (χ3v) is 5.90. The predicted octanol–water partition coefficient (Wildman–Crippen LogP) is 3.09. The van der Waals surface area contributed by atoms with Crippen LogP contribution in [0.4, 0.5) is 0 Å². The average Bonchev–Trinajstić information content (AvgIpc) is 2.46. The maximum Gasteiger partial charge on any atom is 0.240 e. The van der Waals surface area contributed by atoms with Crippen molar-refractivity contribution in [3.05, 3.63) is 0 Å². The second-order valence-electron chi connectivity index (χ2n) is 7.32. The quantitative estimate of drug-likeness (QED) is 0.799. The lowest BCUT2D eigenvalue weighted by atomic mass is 9.77. The van der Waals surface area contributed by atoms with Crippen LogP contribution in [0.25, 0.3) is 0 Å². The summed E-state index contributed by atoms with van der Waals surface area (Å²) in [5, 5.41) is 3.70. The van der Waals surface area contributed by atoms with Crippen LogP contribution >= 0.6 is 0 Å². The highest BCUT2D eigenvalue weighted by Gasteiger charge is 2.38. The Bertz CT molecular complexity index is 347. The molecule has 1 saturated carbocycles. The number of likely N-dealkylation sites (tertiary alicyclic amines) is 1. The van der Waals surface area contributed by atoms with Gasteiger partial charge < -0.3 is 10.2 Å².